The van der Waals surface area contributed by atoms with Crippen molar-refractivity contribution in [2.75, 3.05) is 0 Å². The van der Waals surface area contributed by atoms with Gasteiger partial charge in [-0.05, 0) is 30.6 Å². The highest BCUT2D eigenvalue weighted by Gasteiger charge is 2.49. The number of hydrogen-bond donors (Lipinski definition) is 0. The highest BCUT2D eigenvalue weighted by molar-refractivity contribution is 6.52. The molecule has 120 valence electrons. The van der Waals surface area contributed by atoms with Crippen LogP contribution in [0.15, 0.2) is 29.8 Å². The van der Waals surface area contributed by atoms with E-state index < -0.39 is 0 Å². The SMILES string of the molecule is CC(C)(C)C1CCC2C3=C(OC2C1)c1ccccc1C(=O)C3=O. The van der Waals surface area contributed by atoms with Crippen LogP contribution in [0.4, 0.5) is 0 Å². The minimum Gasteiger partial charge on any atom is -0.489 e. The first-order valence-electron chi connectivity index (χ1n) is 8.47. The van der Waals surface area contributed by atoms with E-state index in [2.05, 4.69) is 20.8 Å². The molecule has 0 amide bonds. The molecule has 3 heteroatoms. The Bertz CT molecular complexity index is 735. The molecule has 1 saturated carbocycles. The summed E-state index contributed by atoms with van der Waals surface area (Å²) in [6.07, 6.45) is 3.03. The molecule has 0 aromatic heterocycles. The van der Waals surface area contributed by atoms with Crippen molar-refractivity contribution in [1.29, 1.82) is 0 Å². The third kappa shape index (κ3) is 2.09. The van der Waals surface area contributed by atoms with Crippen molar-refractivity contribution in [2.24, 2.45) is 17.3 Å². The van der Waals surface area contributed by atoms with Crippen LogP contribution in [0.3, 0.4) is 0 Å². The van der Waals surface area contributed by atoms with E-state index in [0.29, 0.717) is 22.8 Å². The molecule has 1 aromatic carbocycles. The van der Waals surface area contributed by atoms with Crippen molar-refractivity contribution in [3.8, 4) is 0 Å². The van der Waals surface area contributed by atoms with E-state index in [-0.39, 0.29) is 29.0 Å². The van der Waals surface area contributed by atoms with Gasteiger partial charge in [-0.3, -0.25) is 9.59 Å². The molecule has 4 rings (SSSR count). The van der Waals surface area contributed by atoms with E-state index in [1.165, 1.54) is 0 Å². The van der Waals surface area contributed by atoms with E-state index >= 15 is 0 Å². The minimum absolute atomic E-state index is 0.0425. The quantitative estimate of drug-likeness (QED) is 0.680. The van der Waals surface area contributed by atoms with E-state index in [9.17, 15) is 9.59 Å². The average molecular weight is 310 g/mol. The van der Waals surface area contributed by atoms with E-state index in [4.69, 9.17) is 4.74 Å². The summed E-state index contributed by atoms with van der Waals surface area (Å²) in [6, 6.07) is 7.32. The number of ether oxygens (including phenoxy) is 1. The van der Waals surface area contributed by atoms with Gasteiger partial charge >= 0.3 is 0 Å². The largest absolute Gasteiger partial charge is 0.489 e. The van der Waals surface area contributed by atoms with E-state index in [0.717, 1.165) is 24.8 Å². The standard InChI is InChI=1S/C20H22O3/c1-20(2,3)11-8-9-14-15(10-11)23-19-13-7-5-4-6-12(13)17(21)18(22)16(14)19/h4-7,11,14-15H,8-10H2,1-3H3. The molecular formula is C20H22O3. The van der Waals surface area contributed by atoms with Gasteiger partial charge in [0.2, 0.25) is 11.6 Å². The molecule has 23 heavy (non-hydrogen) atoms. The molecule has 3 aliphatic rings. The average Bonchev–Trinajstić information content (AvgIpc) is 2.90. The van der Waals surface area contributed by atoms with Crippen LogP contribution in [-0.2, 0) is 9.53 Å². The van der Waals surface area contributed by atoms with Gasteiger partial charge in [0.15, 0.2) is 0 Å². The zero-order valence-electron chi connectivity index (χ0n) is 13.9. The van der Waals surface area contributed by atoms with Crippen molar-refractivity contribution in [3.05, 3.63) is 41.0 Å². The van der Waals surface area contributed by atoms with Gasteiger partial charge in [-0.1, -0.05) is 45.0 Å². The van der Waals surface area contributed by atoms with Gasteiger partial charge in [-0.2, -0.15) is 0 Å². The molecule has 1 aliphatic heterocycles. The summed E-state index contributed by atoms with van der Waals surface area (Å²) in [6.45, 7) is 6.80. The Morgan fingerprint density at radius 2 is 1.70 bits per heavy atom. The number of carbonyl (C=O) groups excluding carboxylic acids is 2. The number of benzene rings is 1. The third-order valence-corrected chi connectivity index (χ3v) is 5.77. The fourth-order valence-electron chi connectivity index (χ4n) is 4.36. The fraction of sp³-hybridized carbons (Fsp3) is 0.500. The van der Waals surface area contributed by atoms with Gasteiger partial charge in [0, 0.05) is 17.0 Å². The second-order valence-corrected chi connectivity index (χ2v) is 8.09. The predicted molar refractivity (Wildman–Crippen MR) is 87.9 cm³/mol. The lowest BCUT2D eigenvalue weighted by Gasteiger charge is -2.39. The topological polar surface area (TPSA) is 43.4 Å². The van der Waals surface area contributed by atoms with Gasteiger partial charge in [-0.25, -0.2) is 0 Å². The molecule has 2 aliphatic carbocycles. The number of rotatable bonds is 0. The molecule has 0 saturated heterocycles. The molecule has 3 nitrogen and oxygen atoms in total. The molecule has 1 fully saturated rings. The van der Waals surface area contributed by atoms with Gasteiger partial charge in [-0.15, -0.1) is 0 Å². The van der Waals surface area contributed by atoms with Crippen LogP contribution in [0.1, 0.15) is 56.0 Å². The first-order chi connectivity index (χ1) is 10.9. The van der Waals surface area contributed by atoms with Crippen LogP contribution < -0.4 is 0 Å². The van der Waals surface area contributed by atoms with Crippen LogP contribution in [0, 0.1) is 17.3 Å². The molecule has 1 heterocycles. The maximum atomic E-state index is 12.6. The summed E-state index contributed by atoms with van der Waals surface area (Å²) < 4.78 is 6.25. The Morgan fingerprint density at radius 1 is 1.00 bits per heavy atom. The normalized spacial score (nSPS) is 29.8. The summed E-state index contributed by atoms with van der Waals surface area (Å²) in [5.74, 6) is 0.635. The second-order valence-electron chi connectivity index (χ2n) is 8.09. The Hall–Kier alpha value is -1.90. The van der Waals surface area contributed by atoms with Crippen LogP contribution in [0.5, 0.6) is 0 Å². The third-order valence-electron chi connectivity index (χ3n) is 5.77. The van der Waals surface area contributed by atoms with Crippen molar-refractivity contribution < 1.29 is 14.3 Å². The smallest absolute Gasteiger partial charge is 0.234 e. The summed E-state index contributed by atoms with van der Waals surface area (Å²) >= 11 is 0. The fourth-order valence-corrected chi connectivity index (χ4v) is 4.36. The lowest BCUT2D eigenvalue weighted by Crippen LogP contribution is -2.36. The Morgan fingerprint density at radius 3 is 2.39 bits per heavy atom. The number of hydrogen-bond acceptors (Lipinski definition) is 3. The Kier molecular flexibility index (Phi) is 3.06. The van der Waals surface area contributed by atoms with Crippen LogP contribution in [0.25, 0.3) is 5.76 Å². The predicted octanol–water partition coefficient (Wildman–Crippen LogP) is 4.02. The highest BCUT2D eigenvalue weighted by atomic mass is 16.5. The first kappa shape index (κ1) is 14.7. The van der Waals surface area contributed by atoms with Gasteiger partial charge in [0.1, 0.15) is 11.9 Å². The Balaban J connectivity index is 1.73. The summed E-state index contributed by atoms with van der Waals surface area (Å²) in [7, 11) is 0. The Labute approximate surface area is 136 Å². The van der Waals surface area contributed by atoms with Crippen LogP contribution >= 0.6 is 0 Å². The lowest BCUT2D eigenvalue weighted by molar-refractivity contribution is -0.112. The van der Waals surface area contributed by atoms with Crippen molar-refractivity contribution in [1.82, 2.24) is 0 Å². The molecule has 1 aromatic rings. The number of carbonyl (C=O) groups is 2. The maximum absolute atomic E-state index is 12.6. The van der Waals surface area contributed by atoms with E-state index in [1.807, 2.05) is 12.1 Å². The minimum atomic E-state index is -0.374. The molecular weight excluding hydrogens is 288 g/mol. The summed E-state index contributed by atoms with van der Waals surface area (Å²) in [4.78, 5) is 25.0. The number of ketones is 2. The molecule has 0 N–H and O–H groups in total. The zero-order chi connectivity index (χ0) is 16.4. The maximum Gasteiger partial charge on any atom is 0.234 e. The van der Waals surface area contributed by atoms with Gasteiger partial charge in [0.25, 0.3) is 0 Å². The molecule has 0 spiro atoms. The highest BCUT2D eigenvalue weighted by Crippen LogP contribution is 2.51. The molecule has 0 bridgehead atoms. The van der Waals surface area contributed by atoms with Gasteiger partial charge < -0.3 is 4.74 Å². The van der Waals surface area contributed by atoms with Crippen molar-refractivity contribution in [2.45, 2.75) is 46.1 Å². The van der Waals surface area contributed by atoms with Gasteiger partial charge in [0.05, 0.1) is 5.57 Å². The number of fused-ring (bicyclic) bond motifs is 4. The van der Waals surface area contributed by atoms with Crippen LogP contribution in [-0.4, -0.2) is 17.7 Å². The zero-order valence-corrected chi connectivity index (χ0v) is 13.9. The summed E-state index contributed by atoms with van der Waals surface area (Å²) in [5, 5.41) is 0. The van der Waals surface area contributed by atoms with E-state index in [1.54, 1.807) is 12.1 Å². The van der Waals surface area contributed by atoms with Crippen molar-refractivity contribution >= 4 is 17.3 Å². The monoisotopic (exact) mass is 310 g/mol. The van der Waals surface area contributed by atoms with Crippen molar-refractivity contribution in [3.63, 3.8) is 0 Å². The lowest BCUT2D eigenvalue weighted by atomic mass is 9.67. The second kappa shape index (κ2) is 4.80. The molecule has 0 radical (unpaired) electrons. The molecule has 3 unspecified atom stereocenters. The summed E-state index contributed by atoms with van der Waals surface area (Å²) in [5.41, 5.74) is 2.18. The molecule has 3 atom stereocenters. The number of Topliss-reactive ketones (excluding diaryl/α,β-unsaturated/α-hetero) is 2. The first-order valence-corrected chi connectivity index (χ1v) is 8.47. The van der Waals surface area contributed by atoms with Crippen LogP contribution in [0.2, 0.25) is 0 Å².